The highest BCUT2D eigenvalue weighted by molar-refractivity contribution is 9.10. The summed E-state index contributed by atoms with van der Waals surface area (Å²) in [5, 5.41) is 4.83. The second-order valence-electron chi connectivity index (χ2n) is 1.71. The van der Waals surface area contributed by atoms with Crippen molar-refractivity contribution in [1.29, 1.82) is 0 Å². The van der Waals surface area contributed by atoms with Gasteiger partial charge in [0.1, 0.15) is 0 Å². The Morgan fingerprint density at radius 2 is 1.91 bits per heavy atom. The van der Waals surface area contributed by atoms with E-state index >= 15 is 0 Å². The number of aliphatic hydroxyl groups is 1. The molecule has 0 aromatic carbocycles. The Morgan fingerprint density at radius 3 is 2.18 bits per heavy atom. The molecule has 0 heterocycles. The first-order valence-corrected chi connectivity index (χ1v) is 3.71. The molecule has 11 heavy (non-hydrogen) atoms. The molecule has 66 valence electrons. The topological polar surface area (TPSA) is 20.2 Å². The van der Waals surface area contributed by atoms with Gasteiger partial charge in [-0.15, -0.1) is 0 Å². The molecule has 6 heteroatoms. The van der Waals surface area contributed by atoms with E-state index in [-0.39, 0.29) is 0 Å². The number of hydrogen-bond donors (Lipinski definition) is 1. The standard InChI is InChI=1S/C5H5BrClF3O/c6-5(9,10)4(7,8)2-1-3-11/h1-2,11H,3H2/b2-1-/t4-/m0/s1. The van der Waals surface area contributed by atoms with Gasteiger partial charge in [-0.25, -0.2) is 4.39 Å². The van der Waals surface area contributed by atoms with Gasteiger partial charge in [0, 0.05) is 0 Å². The minimum absolute atomic E-state index is 0.378. The molecule has 0 aromatic heterocycles. The van der Waals surface area contributed by atoms with Crippen LogP contribution >= 0.6 is 27.5 Å². The first kappa shape index (κ1) is 11.3. The smallest absolute Gasteiger partial charge is 0.352 e. The van der Waals surface area contributed by atoms with Gasteiger partial charge in [0.05, 0.1) is 6.61 Å². The van der Waals surface area contributed by atoms with Crippen molar-refractivity contribution in [3.05, 3.63) is 12.2 Å². The van der Waals surface area contributed by atoms with Crippen molar-refractivity contribution in [2.45, 2.75) is 9.96 Å². The van der Waals surface area contributed by atoms with Gasteiger partial charge in [-0.05, 0) is 22.0 Å². The van der Waals surface area contributed by atoms with Crippen LogP contribution in [0.1, 0.15) is 0 Å². The van der Waals surface area contributed by atoms with Gasteiger partial charge < -0.3 is 5.11 Å². The number of hydrogen-bond acceptors (Lipinski definition) is 1. The van der Waals surface area contributed by atoms with Crippen molar-refractivity contribution in [2.24, 2.45) is 0 Å². The average Bonchev–Trinajstić information content (AvgIpc) is 1.81. The summed E-state index contributed by atoms with van der Waals surface area (Å²) in [5.74, 6) is 0. The minimum atomic E-state index is -3.84. The Labute approximate surface area is 75.0 Å². The van der Waals surface area contributed by atoms with Crippen molar-refractivity contribution in [3.8, 4) is 0 Å². The number of allylic oxidation sites excluding steroid dienone is 1. The van der Waals surface area contributed by atoms with Crippen LogP contribution in [0.25, 0.3) is 0 Å². The third-order valence-corrected chi connectivity index (χ3v) is 1.98. The zero-order valence-electron chi connectivity index (χ0n) is 5.20. The third kappa shape index (κ3) is 3.44. The molecule has 1 N–H and O–H groups in total. The molecular formula is C5H5BrClF3O. The summed E-state index contributed by atoms with van der Waals surface area (Å²) >= 11 is 6.49. The van der Waals surface area contributed by atoms with Crippen molar-refractivity contribution < 1.29 is 18.3 Å². The van der Waals surface area contributed by atoms with E-state index in [1.165, 1.54) is 0 Å². The molecule has 0 spiro atoms. The Balaban J connectivity index is 4.34. The van der Waals surface area contributed by atoms with Crippen LogP contribution in [0.5, 0.6) is 0 Å². The molecule has 0 amide bonds. The molecule has 0 fully saturated rings. The molecule has 0 aliphatic heterocycles. The Kier molecular flexibility index (Phi) is 3.87. The van der Waals surface area contributed by atoms with E-state index < -0.39 is 16.6 Å². The van der Waals surface area contributed by atoms with E-state index in [4.69, 9.17) is 16.7 Å². The highest BCUT2D eigenvalue weighted by atomic mass is 79.9. The van der Waals surface area contributed by atoms with Crippen LogP contribution in [0.3, 0.4) is 0 Å². The van der Waals surface area contributed by atoms with Crippen molar-refractivity contribution in [1.82, 2.24) is 0 Å². The SMILES string of the molecule is OC/C=C\[C@@](F)(Cl)C(F)(F)Br. The lowest BCUT2D eigenvalue weighted by Crippen LogP contribution is -2.31. The lowest BCUT2D eigenvalue weighted by Gasteiger charge is -2.18. The molecule has 0 saturated carbocycles. The number of alkyl halides is 5. The molecule has 0 bridgehead atoms. The molecule has 0 saturated heterocycles. The minimum Gasteiger partial charge on any atom is -0.392 e. The molecule has 0 aromatic rings. The summed E-state index contributed by atoms with van der Waals surface area (Å²) in [6, 6.07) is 0. The molecule has 1 nitrogen and oxygen atoms in total. The van der Waals surface area contributed by atoms with Crippen molar-refractivity contribution in [2.75, 3.05) is 6.61 Å². The molecule has 0 aliphatic rings. The van der Waals surface area contributed by atoms with Crippen LogP contribution in [0, 0.1) is 0 Å². The molecule has 0 aliphatic carbocycles. The summed E-state index contributed by atoms with van der Waals surface area (Å²) < 4.78 is 36.8. The summed E-state index contributed by atoms with van der Waals surface area (Å²) in [6.07, 6.45) is 1.17. The van der Waals surface area contributed by atoms with E-state index in [1.807, 2.05) is 0 Å². The van der Waals surface area contributed by atoms with E-state index in [2.05, 4.69) is 0 Å². The first-order valence-electron chi connectivity index (χ1n) is 2.54. The van der Waals surface area contributed by atoms with Gasteiger partial charge in [-0.2, -0.15) is 8.78 Å². The predicted octanol–water partition coefficient (Wildman–Crippen LogP) is 2.43. The summed E-state index contributed by atoms with van der Waals surface area (Å²) in [5.41, 5.74) is 0. The van der Waals surface area contributed by atoms with Crippen molar-refractivity contribution >= 4 is 27.5 Å². The van der Waals surface area contributed by atoms with Gasteiger partial charge in [0.2, 0.25) is 0 Å². The Bertz CT molecular complexity index is 154. The fourth-order valence-corrected chi connectivity index (χ4v) is 0.516. The van der Waals surface area contributed by atoms with Crippen LogP contribution in [0.2, 0.25) is 0 Å². The highest BCUT2D eigenvalue weighted by Crippen LogP contribution is 2.42. The fourth-order valence-electron chi connectivity index (χ4n) is 0.295. The molecule has 0 rings (SSSR count). The van der Waals surface area contributed by atoms with E-state index in [0.717, 1.165) is 6.08 Å². The van der Waals surface area contributed by atoms with Crippen LogP contribution < -0.4 is 0 Å². The third-order valence-electron chi connectivity index (χ3n) is 0.811. The lowest BCUT2D eigenvalue weighted by atomic mass is 10.3. The van der Waals surface area contributed by atoms with E-state index in [0.29, 0.717) is 6.08 Å². The van der Waals surface area contributed by atoms with Gasteiger partial charge in [0.15, 0.2) is 0 Å². The maximum Gasteiger partial charge on any atom is 0.352 e. The van der Waals surface area contributed by atoms with Crippen molar-refractivity contribution in [3.63, 3.8) is 0 Å². The Hall–Kier alpha value is 0.260. The average molecular weight is 253 g/mol. The van der Waals surface area contributed by atoms with Gasteiger partial charge in [-0.3, -0.25) is 0 Å². The van der Waals surface area contributed by atoms with Crippen LogP contribution in [0.15, 0.2) is 12.2 Å². The predicted molar refractivity (Wildman–Crippen MR) is 39.8 cm³/mol. The van der Waals surface area contributed by atoms with Gasteiger partial charge in [-0.1, -0.05) is 17.7 Å². The van der Waals surface area contributed by atoms with Gasteiger partial charge in [0.25, 0.3) is 5.13 Å². The van der Waals surface area contributed by atoms with E-state index in [9.17, 15) is 13.2 Å². The largest absolute Gasteiger partial charge is 0.392 e. The second kappa shape index (κ2) is 3.78. The number of aliphatic hydroxyl groups excluding tert-OH is 1. The normalized spacial score (nSPS) is 18.7. The molecule has 0 radical (unpaired) electrons. The number of halogens is 5. The van der Waals surface area contributed by atoms with Crippen LogP contribution in [-0.2, 0) is 0 Å². The van der Waals surface area contributed by atoms with Crippen LogP contribution in [-0.4, -0.2) is 21.7 Å². The quantitative estimate of drug-likeness (QED) is 0.605. The number of rotatable bonds is 3. The van der Waals surface area contributed by atoms with Gasteiger partial charge >= 0.3 is 4.83 Å². The zero-order valence-corrected chi connectivity index (χ0v) is 7.54. The highest BCUT2D eigenvalue weighted by Gasteiger charge is 2.49. The molecular weight excluding hydrogens is 248 g/mol. The Morgan fingerprint density at radius 1 is 1.45 bits per heavy atom. The lowest BCUT2D eigenvalue weighted by molar-refractivity contribution is 0.0216. The fraction of sp³-hybridized carbons (Fsp3) is 0.600. The summed E-state index contributed by atoms with van der Waals surface area (Å²) in [6.45, 7) is -0.540. The first-order chi connectivity index (χ1) is 4.81. The second-order valence-corrected chi connectivity index (χ2v) is 3.25. The maximum atomic E-state index is 12.6. The summed E-state index contributed by atoms with van der Waals surface area (Å²) in [7, 11) is 0. The van der Waals surface area contributed by atoms with E-state index in [1.54, 1.807) is 15.9 Å². The summed E-state index contributed by atoms with van der Waals surface area (Å²) in [4.78, 5) is -3.84. The zero-order chi connectivity index (χ0) is 9.12. The molecule has 1 atom stereocenters. The maximum absolute atomic E-state index is 12.6. The molecule has 0 unspecified atom stereocenters. The van der Waals surface area contributed by atoms with Crippen LogP contribution in [0.4, 0.5) is 13.2 Å². The monoisotopic (exact) mass is 252 g/mol.